The van der Waals surface area contributed by atoms with Gasteiger partial charge in [-0.05, 0) is 18.6 Å². The number of ether oxygens (including phenoxy) is 1. The number of fused-ring (bicyclic) bond motifs is 2. The number of hydrogen-bond donors (Lipinski definition) is 3. The molecule has 19 heteroatoms. The van der Waals surface area contributed by atoms with Gasteiger partial charge in [-0.25, -0.2) is 19.6 Å². The third-order valence-corrected chi connectivity index (χ3v) is 8.96. The van der Waals surface area contributed by atoms with Gasteiger partial charge in [0, 0.05) is 22.6 Å². The van der Waals surface area contributed by atoms with Crippen LogP contribution in [0.1, 0.15) is 22.0 Å². The Morgan fingerprint density at radius 3 is 2.73 bits per heavy atom. The number of nitrogen functional groups attached to an aromatic ring is 1. The minimum Gasteiger partial charge on any atom is -0.477 e. The maximum atomic E-state index is 13.1. The molecule has 0 unspecified atom stereocenters. The van der Waals surface area contributed by atoms with Crippen molar-refractivity contribution in [1.29, 1.82) is 0 Å². The van der Waals surface area contributed by atoms with Crippen LogP contribution in [0.4, 0.5) is 5.13 Å². The summed E-state index contributed by atoms with van der Waals surface area (Å²) in [4.78, 5) is 68.6. The number of β-lactam (4-membered cyclic amide) rings is 1. The van der Waals surface area contributed by atoms with E-state index in [2.05, 4.69) is 35.3 Å². The lowest BCUT2D eigenvalue weighted by Crippen LogP contribution is -2.71. The van der Waals surface area contributed by atoms with E-state index >= 15 is 0 Å². The molecule has 0 saturated carbocycles. The Morgan fingerprint density at radius 2 is 2.07 bits per heavy atom. The molecule has 3 aromatic rings. The van der Waals surface area contributed by atoms with E-state index in [-0.39, 0.29) is 45.3 Å². The molecule has 214 valence electrons. The molecule has 2 aliphatic rings. The average Bonchev–Trinajstić information content (AvgIpc) is 3.58. The molecular formula is C22H21N9O7S3. The average molecular weight is 620 g/mol. The van der Waals surface area contributed by atoms with Crippen molar-refractivity contribution in [3.8, 4) is 0 Å². The van der Waals surface area contributed by atoms with Crippen LogP contribution in [0, 0.1) is 6.92 Å². The summed E-state index contributed by atoms with van der Waals surface area (Å²) in [5.41, 5.74) is 6.64. The van der Waals surface area contributed by atoms with Gasteiger partial charge in [0.1, 0.15) is 34.9 Å². The molecule has 0 aliphatic carbocycles. The minimum atomic E-state index is -1.27. The first kappa shape index (κ1) is 28.3. The van der Waals surface area contributed by atoms with E-state index in [1.165, 1.54) is 52.5 Å². The molecule has 0 radical (unpaired) electrons. The van der Waals surface area contributed by atoms with Crippen LogP contribution in [-0.2, 0) is 24.0 Å². The summed E-state index contributed by atoms with van der Waals surface area (Å²) in [6.45, 7) is 1.75. The standard InChI is InChI=1S/C22H21N9O7S3/c1-8-4-11(31-22(24-8)27-15(28-31)20(36)37-2)39-5-9-6-40-18-13(17(33)30(18)14(9)19(34)35)26-16(32)12(29-38-3)10-7-41-21(23)25-10/h4,7,13,18H,5-6H2,1-3H3,(H2,23,25)(H,26,32)(H,34,35)/b29-12-/t13-,18-/m1/s1. The predicted octanol–water partition coefficient (Wildman–Crippen LogP) is 0.139. The topological polar surface area (TPSA) is 217 Å². The number of thiazole rings is 1. The molecule has 3 aromatic heterocycles. The highest BCUT2D eigenvalue weighted by Crippen LogP contribution is 2.41. The summed E-state index contributed by atoms with van der Waals surface area (Å²) in [7, 11) is 2.48. The van der Waals surface area contributed by atoms with Crippen LogP contribution in [0.15, 0.2) is 32.9 Å². The zero-order valence-electron chi connectivity index (χ0n) is 21.6. The van der Waals surface area contributed by atoms with Gasteiger partial charge in [0.15, 0.2) is 10.8 Å². The summed E-state index contributed by atoms with van der Waals surface area (Å²) in [6, 6.07) is 0.742. The highest BCUT2D eigenvalue weighted by molar-refractivity contribution is 8.01. The number of esters is 1. The lowest BCUT2D eigenvalue weighted by molar-refractivity contribution is -0.150. The first-order valence-corrected chi connectivity index (χ1v) is 14.5. The molecule has 2 aliphatic heterocycles. The number of anilines is 1. The number of hydrogen-bond acceptors (Lipinski definition) is 15. The molecule has 5 rings (SSSR count). The SMILES string of the molecule is CO/N=C(\C(=O)N[C@@H]1C(=O)N2C(C(=O)O)=C(CSc3cc(C)nc4nc(C(=O)OC)nn34)CS[C@H]12)c1csc(N)n1. The van der Waals surface area contributed by atoms with Gasteiger partial charge in [0.2, 0.25) is 0 Å². The van der Waals surface area contributed by atoms with Gasteiger partial charge < -0.3 is 25.7 Å². The fraction of sp³-hybridized carbons (Fsp3) is 0.318. The van der Waals surface area contributed by atoms with Crippen LogP contribution < -0.4 is 11.1 Å². The van der Waals surface area contributed by atoms with E-state index < -0.39 is 35.2 Å². The number of carbonyl (C=O) groups is 4. The second kappa shape index (κ2) is 11.3. The number of rotatable bonds is 9. The third-order valence-electron chi connectivity index (χ3n) is 5.87. The smallest absolute Gasteiger partial charge is 0.378 e. The van der Waals surface area contributed by atoms with Gasteiger partial charge in [-0.15, -0.1) is 40.0 Å². The molecular weight excluding hydrogens is 598 g/mol. The Morgan fingerprint density at radius 1 is 1.29 bits per heavy atom. The number of oxime groups is 1. The lowest BCUT2D eigenvalue weighted by Gasteiger charge is -2.49. The number of methoxy groups -OCH3 is 1. The number of thioether (sulfide) groups is 2. The summed E-state index contributed by atoms with van der Waals surface area (Å²) in [5, 5.41) is 22.2. The number of amides is 2. The summed E-state index contributed by atoms with van der Waals surface area (Å²) < 4.78 is 6.05. The Balaban J connectivity index is 1.35. The maximum absolute atomic E-state index is 13.1. The molecule has 0 bridgehead atoms. The van der Waals surface area contributed by atoms with Crippen LogP contribution >= 0.6 is 34.9 Å². The van der Waals surface area contributed by atoms with E-state index in [1.807, 2.05) is 0 Å². The van der Waals surface area contributed by atoms with Gasteiger partial charge in [-0.1, -0.05) is 5.16 Å². The van der Waals surface area contributed by atoms with Crippen molar-refractivity contribution < 1.29 is 33.9 Å². The zero-order chi connectivity index (χ0) is 29.4. The number of aryl methyl sites for hydroxylation is 1. The Hall–Kier alpha value is -4.23. The highest BCUT2D eigenvalue weighted by Gasteiger charge is 2.54. The first-order valence-electron chi connectivity index (χ1n) is 11.6. The highest BCUT2D eigenvalue weighted by atomic mass is 32.2. The summed E-state index contributed by atoms with van der Waals surface area (Å²) in [5.74, 6) is -2.77. The fourth-order valence-corrected chi connectivity index (χ4v) is 7.17. The molecule has 1 saturated heterocycles. The van der Waals surface area contributed by atoms with Gasteiger partial charge in [0.05, 0.1) is 7.11 Å². The predicted molar refractivity (Wildman–Crippen MR) is 147 cm³/mol. The molecule has 0 spiro atoms. The molecule has 2 atom stereocenters. The quantitative estimate of drug-likeness (QED) is 0.0725. The van der Waals surface area contributed by atoms with Gasteiger partial charge in [-0.3, -0.25) is 14.5 Å². The van der Waals surface area contributed by atoms with Gasteiger partial charge in [-0.2, -0.15) is 9.50 Å². The number of aromatic nitrogens is 5. The maximum Gasteiger partial charge on any atom is 0.378 e. The number of aliphatic carboxylic acids is 1. The molecule has 5 heterocycles. The number of nitrogens with two attached hydrogens (primary N) is 1. The van der Waals surface area contributed by atoms with Crippen molar-refractivity contribution in [2.45, 2.75) is 23.4 Å². The van der Waals surface area contributed by atoms with Crippen molar-refractivity contribution >= 4 is 75.2 Å². The second-order valence-corrected chi connectivity index (χ2v) is 11.5. The van der Waals surface area contributed by atoms with E-state index in [9.17, 15) is 24.3 Å². The van der Waals surface area contributed by atoms with Crippen molar-refractivity contribution in [2.24, 2.45) is 5.16 Å². The van der Waals surface area contributed by atoms with E-state index in [4.69, 9.17) is 10.6 Å². The monoisotopic (exact) mass is 619 g/mol. The molecule has 41 heavy (non-hydrogen) atoms. The molecule has 0 aromatic carbocycles. The Labute approximate surface area is 243 Å². The lowest BCUT2D eigenvalue weighted by atomic mass is 10.0. The summed E-state index contributed by atoms with van der Waals surface area (Å²) >= 11 is 3.68. The number of nitrogens with zero attached hydrogens (tertiary/aromatic N) is 7. The fourth-order valence-electron chi connectivity index (χ4n) is 4.09. The van der Waals surface area contributed by atoms with E-state index in [0.29, 0.717) is 16.3 Å². The first-order chi connectivity index (χ1) is 19.6. The zero-order valence-corrected chi connectivity index (χ0v) is 24.0. The van der Waals surface area contributed by atoms with Crippen LogP contribution in [-0.4, -0.2) is 101 Å². The number of nitrogens with one attached hydrogen (secondary N) is 1. The van der Waals surface area contributed by atoms with Crippen molar-refractivity contribution in [3.63, 3.8) is 0 Å². The molecule has 1 fully saturated rings. The largest absolute Gasteiger partial charge is 0.477 e. The third kappa shape index (κ3) is 5.30. The van der Waals surface area contributed by atoms with Crippen LogP contribution in [0.25, 0.3) is 5.78 Å². The van der Waals surface area contributed by atoms with Crippen LogP contribution in [0.3, 0.4) is 0 Å². The normalized spacial score (nSPS) is 18.7. The minimum absolute atomic E-state index is 0.148. The summed E-state index contributed by atoms with van der Waals surface area (Å²) in [6.07, 6.45) is 0. The van der Waals surface area contributed by atoms with Crippen LogP contribution in [0.5, 0.6) is 0 Å². The van der Waals surface area contributed by atoms with Crippen molar-refractivity contribution in [3.05, 3.63) is 39.9 Å². The second-order valence-electron chi connectivity index (χ2n) is 8.47. The van der Waals surface area contributed by atoms with Gasteiger partial charge in [0.25, 0.3) is 23.4 Å². The van der Waals surface area contributed by atoms with Crippen molar-refractivity contribution in [1.82, 2.24) is 34.8 Å². The number of carboxylic acids is 1. The Bertz CT molecular complexity index is 1650. The molecule has 16 nitrogen and oxygen atoms in total. The van der Waals surface area contributed by atoms with E-state index in [1.54, 1.807) is 13.0 Å². The number of carboxylic acid groups (broad SMARTS) is 1. The van der Waals surface area contributed by atoms with Gasteiger partial charge >= 0.3 is 11.9 Å². The molecule has 2 amide bonds. The molecule has 4 N–H and O–H groups in total. The Kier molecular flexibility index (Phi) is 7.82. The van der Waals surface area contributed by atoms with Crippen molar-refractivity contribution in [2.75, 3.05) is 31.5 Å². The van der Waals surface area contributed by atoms with Crippen LogP contribution in [0.2, 0.25) is 0 Å². The van der Waals surface area contributed by atoms with E-state index in [0.717, 1.165) is 11.3 Å². The number of carbonyl (C=O) groups excluding carboxylic acids is 3.